The lowest BCUT2D eigenvalue weighted by atomic mass is 11.0. The molecule has 1 N–H and O–H groups in total. The molecule has 6 heteroatoms. The van der Waals surface area contributed by atoms with Crippen LogP contribution < -0.4 is 5.32 Å². The molecular formula is C4H4F3NO2. The Kier molecular flexibility index (Phi) is 1.71. The third kappa shape index (κ3) is 2.14. The van der Waals surface area contributed by atoms with E-state index in [1.807, 2.05) is 0 Å². The molecule has 0 saturated heterocycles. The molecule has 10 heavy (non-hydrogen) atoms. The molecule has 1 rings (SSSR count). The molecule has 0 aromatic carbocycles. The second kappa shape index (κ2) is 2.37. The number of hydrogen-bond donors (Lipinski definition) is 1. The molecule has 1 unspecified atom stereocenters. The van der Waals surface area contributed by atoms with Gasteiger partial charge in [-0.15, -0.1) is 13.2 Å². The zero-order valence-corrected chi connectivity index (χ0v) is 4.68. The van der Waals surface area contributed by atoms with Gasteiger partial charge in [0.2, 0.25) is 0 Å². The molecule has 0 amide bonds. The lowest BCUT2D eigenvalue weighted by Gasteiger charge is -2.13. The summed E-state index contributed by atoms with van der Waals surface area (Å²) in [6.45, 7) is 0. The molecular weight excluding hydrogens is 151 g/mol. The highest BCUT2D eigenvalue weighted by atomic mass is 19.4. The van der Waals surface area contributed by atoms with Gasteiger partial charge < -0.3 is 10.1 Å². The zero-order chi connectivity index (χ0) is 7.61. The fraction of sp³-hybridized carbons (Fsp3) is 0.500. The standard InChI is InChI=1S/C4H4F3NO2/c5-4(6,7)10-3-8-1-2-9-3/h1-3,8H. The first-order valence-electron chi connectivity index (χ1n) is 2.39. The van der Waals surface area contributed by atoms with Crippen LogP contribution >= 0.6 is 0 Å². The van der Waals surface area contributed by atoms with Crippen molar-refractivity contribution in [2.24, 2.45) is 0 Å². The number of halogens is 3. The molecule has 0 spiro atoms. The van der Waals surface area contributed by atoms with E-state index in [0.717, 1.165) is 6.26 Å². The minimum absolute atomic E-state index is 1.08. The van der Waals surface area contributed by atoms with Crippen molar-refractivity contribution in [1.82, 2.24) is 5.32 Å². The van der Waals surface area contributed by atoms with Crippen molar-refractivity contribution < 1.29 is 22.6 Å². The molecule has 1 aliphatic heterocycles. The third-order valence-electron chi connectivity index (χ3n) is 0.743. The van der Waals surface area contributed by atoms with Crippen LogP contribution in [0, 0.1) is 0 Å². The van der Waals surface area contributed by atoms with Gasteiger partial charge in [-0.05, 0) is 0 Å². The summed E-state index contributed by atoms with van der Waals surface area (Å²) in [5, 5.41) is 2.17. The van der Waals surface area contributed by atoms with Crippen molar-refractivity contribution >= 4 is 0 Å². The first-order valence-corrected chi connectivity index (χ1v) is 2.39. The molecule has 0 aromatic rings. The number of hydrogen-bond acceptors (Lipinski definition) is 3. The quantitative estimate of drug-likeness (QED) is 0.610. The molecule has 0 fully saturated rings. The van der Waals surface area contributed by atoms with Crippen LogP contribution in [0.5, 0.6) is 0 Å². The van der Waals surface area contributed by atoms with Gasteiger partial charge in [0, 0.05) is 6.20 Å². The fourth-order valence-corrected chi connectivity index (χ4v) is 0.451. The Morgan fingerprint density at radius 1 is 1.50 bits per heavy atom. The lowest BCUT2D eigenvalue weighted by Crippen LogP contribution is -2.31. The summed E-state index contributed by atoms with van der Waals surface area (Å²) < 4.78 is 41.7. The van der Waals surface area contributed by atoms with Crippen LogP contribution in [0.4, 0.5) is 13.2 Å². The van der Waals surface area contributed by atoms with Gasteiger partial charge in [0.1, 0.15) is 6.26 Å². The van der Waals surface area contributed by atoms with Gasteiger partial charge in [-0.2, -0.15) is 0 Å². The molecule has 58 valence electrons. The van der Waals surface area contributed by atoms with E-state index in [4.69, 9.17) is 0 Å². The topological polar surface area (TPSA) is 30.5 Å². The molecule has 0 radical (unpaired) electrons. The summed E-state index contributed by atoms with van der Waals surface area (Å²) in [5.41, 5.74) is 0. The molecule has 3 nitrogen and oxygen atoms in total. The van der Waals surface area contributed by atoms with E-state index in [1.54, 1.807) is 0 Å². The Bertz CT molecular complexity index is 136. The first-order chi connectivity index (χ1) is 4.58. The van der Waals surface area contributed by atoms with Crippen molar-refractivity contribution in [3.05, 3.63) is 12.5 Å². The van der Waals surface area contributed by atoms with E-state index in [9.17, 15) is 13.2 Å². The maximum Gasteiger partial charge on any atom is 0.527 e. The summed E-state index contributed by atoms with van der Waals surface area (Å²) >= 11 is 0. The second-order valence-electron chi connectivity index (χ2n) is 1.50. The van der Waals surface area contributed by atoms with Gasteiger partial charge in [-0.1, -0.05) is 0 Å². The van der Waals surface area contributed by atoms with Crippen LogP contribution in [0.3, 0.4) is 0 Å². The number of nitrogens with one attached hydrogen (secondary N) is 1. The van der Waals surface area contributed by atoms with Gasteiger partial charge in [0.05, 0.1) is 0 Å². The van der Waals surface area contributed by atoms with E-state index < -0.39 is 12.8 Å². The molecule has 1 aliphatic rings. The van der Waals surface area contributed by atoms with Crippen molar-refractivity contribution in [1.29, 1.82) is 0 Å². The van der Waals surface area contributed by atoms with E-state index in [-0.39, 0.29) is 0 Å². The Balaban J connectivity index is 2.26. The summed E-state index contributed by atoms with van der Waals surface area (Å²) in [5.74, 6) is 0. The van der Waals surface area contributed by atoms with Crippen molar-refractivity contribution in [3.8, 4) is 0 Å². The van der Waals surface area contributed by atoms with Gasteiger partial charge in [0.25, 0.3) is 6.41 Å². The number of ether oxygens (including phenoxy) is 2. The summed E-state index contributed by atoms with van der Waals surface area (Å²) in [7, 11) is 0. The van der Waals surface area contributed by atoms with Gasteiger partial charge in [0.15, 0.2) is 0 Å². The minimum Gasteiger partial charge on any atom is -0.453 e. The Hall–Kier alpha value is -0.910. The number of alkyl halides is 3. The first kappa shape index (κ1) is 7.20. The van der Waals surface area contributed by atoms with Gasteiger partial charge in [-0.3, -0.25) is 0 Å². The van der Waals surface area contributed by atoms with Crippen molar-refractivity contribution in [2.45, 2.75) is 12.8 Å². The smallest absolute Gasteiger partial charge is 0.453 e. The average Bonchev–Trinajstić information content (AvgIpc) is 2.12. The van der Waals surface area contributed by atoms with E-state index in [0.29, 0.717) is 0 Å². The van der Waals surface area contributed by atoms with Crippen LogP contribution in [-0.2, 0) is 9.47 Å². The van der Waals surface area contributed by atoms with Crippen LogP contribution in [0.15, 0.2) is 12.5 Å². The van der Waals surface area contributed by atoms with Crippen molar-refractivity contribution in [3.63, 3.8) is 0 Å². The van der Waals surface area contributed by atoms with E-state index in [2.05, 4.69) is 14.8 Å². The van der Waals surface area contributed by atoms with Crippen LogP contribution in [0.1, 0.15) is 0 Å². The SMILES string of the molecule is FC(F)(F)OC1NC=CO1. The minimum atomic E-state index is -4.66. The summed E-state index contributed by atoms with van der Waals surface area (Å²) in [4.78, 5) is 0. The maximum absolute atomic E-state index is 11.3. The average molecular weight is 155 g/mol. The molecule has 0 aromatic heterocycles. The molecule has 0 saturated carbocycles. The van der Waals surface area contributed by atoms with Gasteiger partial charge >= 0.3 is 6.36 Å². The maximum atomic E-state index is 11.3. The van der Waals surface area contributed by atoms with Crippen molar-refractivity contribution in [2.75, 3.05) is 0 Å². The second-order valence-corrected chi connectivity index (χ2v) is 1.50. The molecule has 0 bridgehead atoms. The predicted octanol–water partition coefficient (Wildman–Crippen LogP) is 0.897. The zero-order valence-electron chi connectivity index (χ0n) is 4.68. The molecule has 0 aliphatic carbocycles. The molecule has 1 heterocycles. The lowest BCUT2D eigenvalue weighted by molar-refractivity contribution is -0.373. The largest absolute Gasteiger partial charge is 0.527 e. The monoisotopic (exact) mass is 155 g/mol. The predicted molar refractivity (Wildman–Crippen MR) is 24.3 cm³/mol. The van der Waals surface area contributed by atoms with Crippen LogP contribution in [0.25, 0.3) is 0 Å². The normalized spacial score (nSPS) is 24.1. The Morgan fingerprint density at radius 3 is 2.60 bits per heavy atom. The highest BCUT2D eigenvalue weighted by molar-refractivity contribution is 4.77. The van der Waals surface area contributed by atoms with Crippen LogP contribution in [0.2, 0.25) is 0 Å². The van der Waals surface area contributed by atoms with E-state index >= 15 is 0 Å². The fourth-order valence-electron chi connectivity index (χ4n) is 0.451. The van der Waals surface area contributed by atoms with Crippen LogP contribution in [-0.4, -0.2) is 12.8 Å². The summed E-state index contributed by atoms with van der Waals surface area (Å²) in [6, 6.07) is 0. The third-order valence-corrected chi connectivity index (χ3v) is 0.743. The Morgan fingerprint density at radius 2 is 2.20 bits per heavy atom. The van der Waals surface area contributed by atoms with E-state index in [1.165, 1.54) is 6.20 Å². The Labute approximate surface area is 54.4 Å². The summed E-state index contributed by atoms with van der Waals surface area (Å²) in [6.07, 6.45) is -3.80. The highest BCUT2D eigenvalue weighted by Gasteiger charge is 2.34. The van der Waals surface area contributed by atoms with Gasteiger partial charge in [-0.25, -0.2) is 4.74 Å². The number of rotatable bonds is 1. The molecule has 1 atom stereocenters. The highest BCUT2D eigenvalue weighted by Crippen LogP contribution is 2.19.